The highest BCUT2D eigenvalue weighted by molar-refractivity contribution is 5.78. The van der Waals surface area contributed by atoms with Crippen LogP contribution in [0.25, 0.3) is 0 Å². The van der Waals surface area contributed by atoms with Crippen molar-refractivity contribution in [2.45, 2.75) is 114 Å². The Morgan fingerprint density at radius 2 is 1.02 bits per heavy atom. The number of rotatable bonds is 6. The van der Waals surface area contributed by atoms with Crippen LogP contribution in [0.2, 0.25) is 0 Å². The van der Waals surface area contributed by atoms with Crippen LogP contribution in [-0.2, 0) is 42.9 Å². The van der Waals surface area contributed by atoms with E-state index >= 15 is 0 Å². The average Bonchev–Trinajstić information content (AvgIpc) is 2.82. The molecule has 0 aromatic carbocycles. The molecule has 2 heterocycles. The van der Waals surface area contributed by atoms with Crippen molar-refractivity contribution in [2.75, 3.05) is 6.61 Å². The van der Waals surface area contributed by atoms with Gasteiger partial charge in [-0.25, -0.2) is 0 Å². The summed E-state index contributed by atoms with van der Waals surface area (Å²) in [5, 5.41) is 0. The van der Waals surface area contributed by atoms with E-state index in [0.717, 1.165) is 0 Å². The number of pyridine rings is 1. The Bertz CT molecular complexity index is 1190. The number of ether oxygens (including phenoxy) is 5. The largest absolute Gasteiger partial charge is 0.462 e. The van der Waals surface area contributed by atoms with Gasteiger partial charge in [-0.2, -0.15) is 0 Å². The van der Waals surface area contributed by atoms with Crippen LogP contribution in [-0.4, -0.2) is 59.5 Å². The zero-order chi connectivity index (χ0) is 32.4. The molecular formula is C31H47NO10. The number of hydrogen-bond acceptors (Lipinski definition) is 10. The van der Waals surface area contributed by atoms with Crippen molar-refractivity contribution in [3.8, 4) is 0 Å². The number of carbonyl (C=O) groups excluding carboxylic acids is 4. The smallest absolute Gasteiger partial charge is 0.311 e. The Balaban J connectivity index is 2.75. The number of carbonyl (C=O) groups is 4. The third-order valence-electron chi connectivity index (χ3n) is 6.28. The van der Waals surface area contributed by atoms with Crippen LogP contribution in [0.3, 0.4) is 0 Å². The molecule has 1 saturated heterocycles. The van der Waals surface area contributed by atoms with E-state index in [1.807, 2.05) is 0 Å². The second kappa shape index (κ2) is 12.6. The number of hydrogen-bond donors (Lipinski definition) is 0. The van der Waals surface area contributed by atoms with Crippen molar-refractivity contribution in [1.82, 2.24) is 4.57 Å². The summed E-state index contributed by atoms with van der Waals surface area (Å²) in [6.07, 6.45) is -3.44. The molecule has 11 heteroatoms. The van der Waals surface area contributed by atoms with Crippen molar-refractivity contribution in [3.63, 3.8) is 0 Å². The fourth-order valence-electron chi connectivity index (χ4n) is 3.54. The van der Waals surface area contributed by atoms with Gasteiger partial charge in [-0.15, -0.1) is 0 Å². The van der Waals surface area contributed by atoms with Crippen LogP contribution < -0.4 is 5.43 Å². The van der Waals surface area contributed by atoms with Gasteiger partial charge in [-0.3, -0.25) is 24.0 Å². The highest BCUT2D eigenvalue weighted by atomic mass is 16.7. The quantitative estimate of drug-likeness (QED) is 0.348. The van der Waals surface area contributed by atoms with Crippen LogP contribution in [0.15, 0.2) is 29.3 Å². The minimum Gasteiger partial charge on any atom is -0.462 e. The van der Waals surface area contributed by atoms with Crippen molar-refractivity contribution in [3.05, 3.63) is 34.7 Å². The summed E-state index contributed by atoms with van der Waals surface area (Å²) in [4.78, 5) is 64.4. The minimum atomic E-state index is -1.37. The molecule has 1 aromatic heterocycles. The van der Waals surface area contributed by atoms with Gasteiger partial charge in [0.15, 0.2) is 30.0 Å². The van der Waals surface area contributed by atoms with E-state index in [4.69, 9.17) is 23.7 Å². The van der Waals surface area contributed by atoms with Gasteiger partial charge in [0.2, 0.25) is 0 Å². The summed E-state index contributed by atoms with van der Waals surface area (Å²) in [5.41, 5.74) is -4.00. The maximum atomic E-state index is 13.3. The first-order valence-electron chi connectivity index (χ1n) is 14.1. The molecule has 0 unspecified atom stereocenters. The predicted octanol–water partition coefficient (Wildman–Crippen LogP) is 4.21. The van der Waals surface area contributed by atoms with Crippen LogP contribution in [0, 0.1) is 21.7 Å². The summed E-state index contributed by atoms with van der Waals surface area (Å²) in [5.74, 6) is -2.44. The van der Waals surface area contributed by atoms with Crippen LogP contribution in [0.5, 0.6) is 0 Å². The maximum absolute atomic E-state index is 13.3. The molecule has 42 heavy (non-hydrogen) atoms. The lowest BCUT2D eigenvalue weighted by Crippen LogP contribution is -2.62. The van der Waals surface area contributed by atoms with Crippen molar-refractivity contribution in [2.24, 2.45) is 21.7 Å². The Kier molecular flexibility index (Phi) is 10.5. The normalized spacial score (nSPS) is 23.5. The van der Waals surface area contributed by atoms with Crippen LogP contribution in [0.1, 0.15) is 89.3 Å². The summed E-state index contributed by atoms with van der Waals surface area (Å²) < 4.78 is 31.3. The fourth-order valence-corrected chi connectivity index (χ4v) is 3.54. The second-order valence-corrected chi connectivity index (χ2v) is 14.8. The van der Waals surface area contributed by atoms with Gasteiger partial charge in [-0.1, -0.05) is 0 Å². The standard InChI is InChI=1S/C31H47NO10/c1-28(2,3)24(34)38-17-19-20(40-25(35)29(4,5)6)21(41-26(36)30(7,8)9)22(42-27(37)31(10,11)12)23(39-19)32-15-13-18(33)14-16-32/h13-16,19-23H,17H2,1-12H3/t19-,20+,21+,22-,23-/m1/s1. The summed E-state index contributed by atoms with van der Waals surface area (Å²) >= 11 is 0. The third kappa shape index (κ3) is 9.14. The molecule has 0 amide bonds. The molecule has 0 saturated carbocycles. The van der Waals surface area contributed by atoms with E-state index in [2.05, 4.69) is 0 Å². The van der Waals surface area contributed by atoms with E-state index in [9.17, 15) is 24.0 Å². The summed E-state index contributed by atoms with van der Waals surface area (Å²) in [6, 6.07) is 2.59. The molecule has 1 fully saturated rings. The Morgan fingerprint density at radius 1 is 0.643 bits per heavy atom. The first-order chi connectivity index (χ1) is 18.9. The fraction of sp³-hybridized carbons (Fsp3) is 0.710. The Labute approximate surface area is 248 Å². The van der Waals surface area contributed by atoms with E-state index in [1.54, 1.807) is 83.1 Å². The van der Waals surface area contributed by atoms with Gasteiger partial charge in [0.25, 0.3) is 0 Å². The van der Waals surface area contributed by atoms with Crippen molar-refractivity contribution >= 4 is 23.9 Å². The zero-order valence-electron chi connectivity index (χ0n) is 26.9. The molecule has 0 radical (unpaired) electrons. The van der Waals surface area contributed by atoms with Gasteiger partial charge in [-0.05, 0) is 83.1 Å². The van der Waals surface area contributed by atoms with Gasteiger partial charge in [0, 0.05) is 24.5 Å². The van der Waals surface area contributed by atoms with Gasteiger partial charge in [0.05, 0.1) is 21.7 Å². The van der Waals surface area contributed by atoms with Crippen LogP contribution >= 0.6 is 0 Å². The van der Waals surface area contributed by atoms with Crippen molar-refractivity contribution in [1.29, 1.82) is 0 Å². The first-order valence-corrected chi connectivity index (χ1v) is 14.1. The molecule has 0 aliphatic carbocycles. The molecule has 2 rings (SSSR count). The zero-order valence-corrected chi connectivity index (χ0v) is 26.9. The minimum absolute atomic E-state index is 0.270. The molecule has 1 aliphatic heterocycles. The van der Waals surface area contributed by atoms with E-state index < -0.39 is 76.2 Å². The number of nitrogens with zero attached hydrogens (tertiary/aromatic N) is 1. The summed E-state index contributed by atoms with van der Waals surface area (Å²) in [6.45, 7) is 19.6. The molecule has 0 bridgehead atoms. The molecule has 0 spiro atoms. The van der Waals surface area contributed by atoms with Gasteiger partial charge >= 0.3 is 23.9 Å². The molecule has 0 N–H and O–H groups in total. The lowest BCUT2D eigenvalue weighted by molar-refractivity contribution is -0.275. The Hall–Kier alpha value is -3.21. The highest BCUT2D eigenvalue weighted by Crippen LogP contribution is 2.37. The van der Waals surface area contributed by atoms with Crippen molar-refractivity contribution < 1.29 is 42.9 Å². The van der Waals surface area contributed by atoms with E-state index in [1.165, 1.54) is 29.1 Å². The predicted molar refractivity (Wildman–Crippen MR) is 153 cm³/mol. The average molecular weight is 594 g/mol. The van der Waals surface area contributed by atoms with E-state index in [-0.39, 0.29) is 12.0 Å². The highest BCUT2D eigenvalue weighted by Gasteiger charge is 2.55. The maximum Gasteiger partial charge on any atom is 0.311 e. The molecular weight excluding hydrogens is 546 g/mol. The second-order valence-electron chi connectivity index (χ2n) is 14.8. The lowest BCUT2D eigenvalue weighted by Gasteiger charge is -2.46. The molecule has 1 aromatic rings. The molecule has 236 valence electrons. The number of aromatic nitrogens is 1. The van der Waals surface area contributed by atoms with Gasteiger partial charge in [0.1, 0.15) is 12.7 Å². The first kappa shape index (κ1) is 35.0. The lowest BCUT2D eigenvalue weighted by atomic mass is 9.92. The molecule has 11 nitrogen and oxygen atoms in total. The Morgan fingerprint density at radius 3 is 1.43 bits per heavy atom. The summed E-state index contributed by atoms with van der Waals surface area (Å²) in [7, 11) is 0. The molecule has 5 atom stereocenters. The molecule has 1 aliphatic rings. The van der Waals surface area contributed by atoms with Crippen LogP contribution in [0.4, 0.5) is 0 Å². The topological polar surface area (TPSA) is 136 Å². The third-order valence-corrected chi connectivity index (χ3v) is 6.28. The van der Waals surface area contributed by atoms with Gasteiger partial charge < -0.3 is 28.3 Å². The SMILES string of the molecule is CC(C)(C)C(=O)OC[C@H]1O[C@@H](n2ccc(=O)cc2)[C@H](OC(=O)C(C)(C)C)[C@@H](OC(=O)C(C)(C)C)[C@H]1OC(=O)C(C)(C)C. The van der Waals surface area contributed by atoms with E-state index in [0.29, 0.717) is 0 Å². The monoisotopic (exact) mass is 593 g/mol. The number of esters is 4.